The molecule has 0 aliphatic heterocycles. The first-order valence-electron chi connectivity index (χ1n) is 8.18. The lowest BCUT2D eigenvalue weighted by Gasteiger charge is -2.17. The lowest BCUT2D eigenvalue weighted by Crippen LogP contribution is -2.40. The molecule has 1 atom stereocenters. The molecule has 0 aliphatic carbocycles. The molecule has 0 aromatic carbocycles. The third-order valence-electron chi connectivity index (χ3n) is 3.40. The van der Waals surface area contributed by atoms with Crippen molar-refractivity contribution in [3.8, 4) is 0 Å². The number of furan rings is 2. The van der Waals surface area contributed by atoms with Crippen molar-refractivity contribution < 1.29 is 8.83 Å². The number of nitrogens with zero attached hydrogens (tertiary/aromatic N) is 1. The van der Waals surface area contributed by atoms with Crippen molar-refractivity contribution in [1.82, 2.24) is 10.6 Å². The van der Waals surface area contributed by atoms with Crippen LogP contribution in [0.1, 0.15) is 44.1 Å². The highest BCUT2D eigenvalue weighted by Gasteiger charge is 2.11. The Bertz CT molecular complexity index is 600. The van der Waals surface area contributed by atoms with Gasteiger partial charge in [-0.1, -0.05) is 13.8 Å². The van der Waals surface area contributed by atoms with Crippen molar-refractivity contribution in [3.05, 3.63) is 47.8 Å². The zero-order valence-electron chi connectivity index (χ0n) is 14.4. The minimum atomic E-state index is 0.0609. The minimum absolute atomic E-state index is 0.0609. The van der Waals surface area contributed by atoms with E-state index in [1.165, 1.54) is 0 Å². The summed E-state index contributed by atoms with van der Waals surface area (Å²) in [6, 6.07) is 7.92. The molecule has 0 amide bonds. The zero-order chi connectivity index (χ0) is 16.7. The van der Waals surface area contributed by atoms with Gasteiger partial charge in [0.1, 0.15) is 17.3 Å². The van der Waals surface area contributed by atoms with Gasteiger partial charge in [0.25, 0.3) is 0 Å². The van der Waals surface area contributed by atoms with Crippen LogP contribution < -0.4 is 10.6 Å². The smallest absolute Gasteiger partial charge is 0.191 e. The average molecular weight is 317 g/mol. The summed E-state index contributed by atoms with van der Waals surface area (Å²) >= 11 is 0. The van der Waals surface area contributed by atoms with Gasteiger partial charge < -0.3 is 19.5 Å². The van der Waals surface area contributed by atoms with Crippen LogP contribution in [0.2, 0.25) is 0 Å². The van der Waals surface area contributed by atoms with Crippen LogP contribution in [-0.2, 0) is 6.42 Å². The van der Waals surface area contributed by atoms with Gasteiger partial charge in [0.05, 0.1) is 12.3 Å². The van der Waals surface area contributed by atoms with Crippen LogP contribution in [0.3, 0.4) is 0 Å². The molecule has 2 N–H and O–H groups in total. The summed E-state index contributed by atoms with van der Waals surface area (Å²) in [6.07, 6.45) is 2.52. The molecule has 0 saturated carbocycles. The van der Waals surface area contributed by atoms with Gasteiger partial charge >= 0.3 is 0 Å². The first-order chi connectivity index (χ1) is 11.0. The van der Waals surface area contributed by atoms with Gasteiger partial charge in [-0.3, -0.25) is 4.99 Å². The Morgan fingerprint density at radius 1 is 1.22 bits per heavy atom. The van der Waals surface area contributed by atoms with Crippen molar-refractivity contribution in [2.75, 3.05) is 13.1 Å². The second-order valence-electron chi connectivity index (χ2n) is 6.15. The lowest BCUT2D eigenvalue weighted by atomic mass is 10.2. The lowest BCUT2D eigenvalue weighted by molar-refractivity contribution is 0.440. The third kappa shape index (κ3) is 5.85. The molecule has 0 bridgehead atoms. The molecule has 2 aromatic rings. The van der Waals surface area contributed by atoms with Gasteiger partial charge in [0.2, 0.25) is 0 Å². The van der Waals surface area contributed by atoms with Gasteiger partial charge in [-0.2, -0.15) is 0 Å². The number of guanidine groups is 1. The minimum Gasteiger partial charge on any atom is -0.469 e. The van der Waals surface area contributed by atoms with Gasteiger partial charge in [-0.15, -0.1) is 0 Å². The van der Waals surface area contributed by atoms with E-state index in [1.807, 2.05) is 31.2 Å². The molecule has 5 nitrogen and oxygen atoms in total. The largest absolute Gasteiger partial charge is 0.469 e. The summed E-state index contributed by atoms with van der Waals surface area (Å²) in [5, 5.41) is 6.75. The normalized spacial score (nSPS) is 13.3. The Morgan fingerprint density at radius 3 is 2.65 bits per heavy atom. The average Bonchev–Trinajstić information content (AvgIpc) is 3.16. The topological polar surface area (TPSA) is 62.7 Å². The van der Waals surface area contributed by atoms with E-state index in [9.17, 15) is 0 Å². The van der Waals surface area contributed by atoms with E-state index in [2.05, 4.69) is 36.4 Å². The zero-order valence-corrected chi connectivity index (χ0v) is 14.4. The maximum Gasteiger partial charge on any atom is 0.191 e. The maximum absolute atomic E-state index is 5.67. The van der Waals surface area contributed by atoms with E-state index in [4.69, 9.17) is 8.83 Å². The number of hydrogen-bond acceptors (Lipinski definition) is 3. The first kappa shape index (κ1) is 17.2. The standard InChI is InChI=1S/C18H27N3O2/c1-13(2)12-20-18(19-10-9-16-6-5-11-22-16)21-15(4)17-8-7-14(3)23-17/h5-8,11,13,15H,9-10,12H2,1-4H3,(H2,19,20,21). The summed E-state index contributed by atoms with van der Waals surface area (Å²) in [5.74, 6) is 4.11. The Balaban J connectivity index is 1.91. The molecule has 0 saturated heterocycles. The van der Waals surface area contributed by atoms with Crippen LogP contribution in [-0.4, -0.2) is 19.0 Å². The molecule has 2 rings (SSSR count). The highest BCUT2D eigenvalue weighted by molar-refractivity contribution is 5.80. The van der Waals surface area contributed by atoms with Crippen LogP contribution in [0.25, 0.3) is 0 Å². The summed E-state index contributed by atoms with van der Waals surface area (Å²) in [4.78, 5) is 4.64. The van der Waals surface area contributed by atoms with Crippen molar-refractivity contribution in [3.63, 3.8) is 0 Å². The number of rotatable bonds is 7. The monoisotopic (exact) mass is 317 g/mol. The predicted molar refractivity (Wildman–Crippen MR) is 92.6 cm³/mol. The van der Waals surface area contributed by atoms with Crippen molar-refractivity contribution in [1.29, 1.82) is 0 Å². The van der Waals surface area contributed by atoms with E-state index in [1.54, 1.807) is 6.26 Å². The fraction of sp³-hybridized carbons (Fsp3) is 0.500. The maximum atomic E-state index is 5.67. The molecular formula is C18H27N3O2. The molecule has 0 aliphatic rings. The number of hydrogen-bond donors (Lipinski definition) is 2. The van der Waals surface area contributed by atoms with Crippen molar-refractivity contribution in [2.45, 2.75) is 40.2 Å². The Labute approximate surface area is 138 Å². The quantitative estimate of drug-likeness (QED) is 0.604. The Hall–Kier alpha value is -2.17. The molecular weight excluding hydrogens is 290 g/mol. The van der Waals surface area contributed by atoms with Crippen LogP contribution in [0.4, 0.5) is 0 Å². The van der Waals surface area contributed by atoms with E-state index >= 15 is 0 Å². The summed E-state index contributed by atoms with van der Waals surface area (Å²) in [5.41, 5.74) is 0. The van der Waals surface area contributed by atoms with E-state index in [-0.39, 0.29) is 6.04 Å². The fourth-order valence-corrected chi connectivity index (χ4v) is 2.15. The number of aryl methyl sites for hydroxylation is 1. The molecule has 5 heteroatoms. The van der Waals surface area contributed by atoms with Crippen molar-refractivity contribution >= 4 is 5.96 Å². The number of nitrogens with one attached hydrogen (secondary N) is 2. The van der Waals surface area contributed by atoms with Crippen molar-refractivity contribution in [2.24, 2.45) is 10.9 Å². The fourth-order valence-electron chi connectivity index (χ4n) is 2.15. The molecule has 23 heavy (non-hydrogen) atoms. The SMILES string of the molecule is Cc1ccc(C(C)NC(=NCC(C)C)NCCc2ccco2)o1. The molecule has 0 spiro atoms. The number of aliphatic imine (C=N–C) groups is 1. The van der Waals surface area contributed by atoms with Crippen LogP contribution in [0.15, 0.2) is 44.4 Å². The van der Waals surface area contributed by atoms with Gasteiger partial charge in [-0.25, -0.2) is 0 Å². The predicted octanol–water partition coefficient (Wildman–Crippen LogP) is 3.68. The molecule has 2 aromatic heterocycles. The Kier molecular flexibility index (Phi) is 6.32. The second-order valence-corrected chi connectivity index (χ2v) is 6.15. The first-order valence-corrected chi connectivity index (χ1v) is 8.18. The highest BCUT2D eigenvalue weighted by atomic mass is 16.3. The Morgan fingerprint density at radius 2 is 2.04 bits per heavy atom. The third-order valence-corrected chi connectivity index (χ3v) is 3.40. The summed E-state index contributed by atoms with van der Waals surface area (Å²) < 4.78 is 11.0. The van der Waals surface area contributed by atoms with Gasteiger partial charge in [-0.05, 0) is 44.0 Å². The highest BCUT2D eigenvalue weighted by Crippen LogP contribution is 2.15. The molecule has 1 unspecified atom stereocenters. The summed E-state index contributed by atoms with van der Waals surface area (Å²) in [6.45, 7) is 9.87. The van der Waals surface area contributed by atoms with E-state index < -0.39 is 0 Å². The van der Waals surface area contributed by atoms with Gasteiger partial charge in [0.15, 0.2) is 5.96 Å². The summed E-state index contributed by atoms with van der Waals surface area (Å²) in [7, 11) is 0. The molecule has 0 radical (unpaired) electrons. The molecule has 2 heterocycles. The van der Waals surface area contributed by atoms with Crippen LogP contribution in [0, 0.1) is 12.8 Å². The van der Waals surface area contributed by atoms with Crippen LogP contribution in [0.5, 0.6) is 0 Å². The van der Waals surface area contributed by atoms with Crippen LogP contribution >= 0.6 is 0 Å². The van der Waals surface area contributed by atoms with Gasteiger partial charge in [0, 0.05) is 19.5 Å². The second kappa shape index (κ2) is 8.46. The molecule has 0 fully saturated rings. The molecule has 126 valence electrons. The van der Waals surface area contributed by atoms with E-state index in [0.29, 0.717) is 5.92 Å². The van der Waals surface area contributed by atoms with E-state index in [0.717, 1.165) is 42.8 Å².